The molecule has 5 unspecified atom stereocenters. The molecule has 10 heterocycles. The summed E-state index contributed by atoms with van der Waals surface area (Å²) in [5.41, 5.74) is 16.7. The van der Waals surface area contributed by atoms with Gasteiger partial charge in [-0.3, -0.25) is 9.11 Å². The minimum absolute atomic E-state index is 0. The summed E-state index contributed by atoms with van der Waals surface area (Å²) >= 11 is 11.9. The summed E-state index contributed by atoms with van der Waals surface area (Å²) < 4.78 is 31.6. The van der Waals surface area contributed by atoms with Crippen LogP contribution in [0.5, 0.6) is 0 Å². The number of carboxylic acid groups (broad SMARTS) is 1. The molecule has 5 aromatic carbocycles. The van der Waals surface area contributed by atoms with Gasteiger partial charge in [-0.05, 0) is 130 Å². The van der Waals surface area contributed by atoms with Crippen molar-refractivity contribution >= 4 is 86.0 Å². The summed E-state index contributed by atoms with van der Waals surface area (Å²) in [6.07, 6.45) is 9.68. The van der Waals surface area contributed by atoms with Crippen LogP contribution in [0.1, 0.15) is 104 Å². The molecule has 622 valence electrons. The number of carbonyl (C=O) groups is 1. The summed E-state index contributed by atoms with van der Waals surface area (Å²) in [6.45, 7) is 15.1. The number of likely N-dealkylation sites (N-methyl/N-ethyl adjacent to an activating group) is 5. The third-order valence-electron chi connectivity index (χ3n) is 19.7. The quantitative estimate of drug-likeness (QED) is 0.0500. The van der Waals surface area contributed by atoms with E-state index in [0.717, 1.165) is 121 Å². The van der Waals surface area contributed by atoms with Crippen molar-refractivity contribution in [2.24, 2.45) is 0 Å². The number of aliphatic hydroxyl groups excluding tert-OH is 2. The number of rotatable bonds is 13. The van der Waals surface area contributed by atoms with Crippen LogP contribution >= 0.6 is 23.2 Å². The molecule has 32 heteroatoms. The molecular weight excluding hydrogens is 1600 g/mol. The molecule has 5 atom stereocenters. The minimum Gasteiger partial charge on any atom is -1.00 e. The Labute approximate surface area is 778 Å². The van der Waals surface area contributed by atoms with E-state index in [1.807, 2.05) is 104 Å². The van der Waals surface area contributed by atoms with Gasteiger partial charge in [0, 0.05) is 147 Å². The molecule has 15 rings (SSSR count). The first-order valence-electron chi connectivity index (χ1n) is 38.0. The second kappa shape index (κ2) is 54.6. The van der Waals surface area contributed by atoms with E-state index in [0.29, 0.717) is 34.7 Å². The molecule has 0 saturated carbocycles. The number of alkyl halides is 2. The Balaban J connectivity index is 0.000000367. The van der Waals surface area contributed by atoms with Gasteiger partial charge >= 0.3 is 86.6 Å². The standard InChI is InChI=1S/C17H18N4.C17H19N3O2.C17H21N3O.C17H19N3.C11H15Cl2N.C6H5N3.C2H6O.Al.K.Li.H2O4S.H2O.4H/c1-20-10-11-21(17-15(12-18)8-5-9-19-17)16(13-20)14-6-3-2-4-7-14;1-19-10-11-20(15(12-19)13-6-3-2-4-7-13)16-14(17(21)22)8-5-9-18-16;1-19-10-11-20(17-15(13-21)8-5-9-18-17)16(12-19)14-6-3-2-4-7-14;1-19-9-10-20-16(12-19)15-7-3-2-5-13(15)11-14-6-4-8-18-17(14)20;1-14(8-7-12)9-11(13)10-5-3-2-4-6-10;7-4-5-2-1-3-9-6(5)8;1-2-3;;;;1-5(2,3)4;;;;;/h2-9,16H,10-11,13H2,1H3;2-9,15H,10-12H2,1H3,(H,21,22);2-9,16,21H,10-13H2,1H3;2-8,16H,9-12H2,1H3;2-6,11H,7-9H2,1H3;1-3H,(H2,8,9);3H,2H2,1H3;;;;(H2,1,2,3,4);1H2;;;;/q;;;;;;;;2*+1;;;;;;-1/p-1. The van der Waals surface area contributed by atoms with Gasteiger partial charge < -0.3 is 72.1 Å². The predicted molar refractivity (Wildman–Crippen MR) is 470 cm³/mol. The van der Waals surface area contributed by atoms with Gasteiger partial charge in [-0.2, -0.15) is 18.9 Å². The number of aromatic carboxylic acids is 1. The SMILES string of the molecule is CCO.CN(CCCl)CC(Cl)c1ccccc1.CN1CCN(c2ncccc2C#N)C(c2ccccc2)C1.CN1CCN(c2ncccc2C(=O)O)C(c2ccccc2)C1.CN1CCN(c2ncccc2CO)C(c2ccccc2)C1.CN1CCN2c3ncccc3Cc3ccccc3C2C1.N#Cc1cccnc1N.O=S(=O)(O)O.[AlH3].[H-].[K+].[Li+].[OH-]. The monoisotopic (exact) mass is 1710 g/mol. The number of carboxylic acids is 1. The summed E-state index contributed by atoms with van der Waals surface area (Å²) in [4.78, 5) is 53.9. The van der Waals surface area contributed by atoms with E-state index >= 15 is 0 Å². The van der Waals surface area contributed by atoms with Gasteiger partial charge in [-0.15, -0.1) is 23.2 Å². The van der Waals surface area contributed by atoms with E-state index < -0.39 is 16.4 Å². The number of anilines is 5. The Morgan fingerprint density at radius 1 is 0.538 bits per heavy atom. The normalized spacial score (nSPS) is 16.9. The Morgan fingerprint density at radius 3 is 1.34 bits per heavy atom. The molecule has 119 heavy (non-hydrogen) atoms. The third kappa shape index (κ3) is 32.5. The van der Waals surface area contributed by atoms with E-state index in [9.17, 15) is 20.3 Å². The molecule has 5 aliphatic rings. The van der Waals surface area contributed by atoms with E-state index in [-0.39, 0.29) is 137 Å². The molecule has 5 aliphatic heterocycles. The average Bonchev–Trinajstić information content (AvgIpc) is 1.77. The fraction of sp³-hybridized carbons (Fsp3) is 0.333. The van der Waals surface area contributed by atoms with Crippen molar-refractivity contribution in [2.45, 2.75) is 49.5 Å². The fourth-order valence-corrected chi connectivity index (χ4v) is 14.7. The molecule has 4 fully saturated rings. The molecule has 4 saturated heterocycles. The number of nitrogens with two attached hydrogens (primary N) is 1. The summed E-state index contributed by atoms with van der Waals surface area (Å²) in [6, 6.07) is 73.7. The van der Waals surface area contributed by atoms with Crippen molar-refractivity contribution in [1.82, 2.24) is 49.4 Å². The van der Waals surface area contributed by atoms with Gasteiger partial charge in [-0.25, -0.2) is 29.7 Å². The molecule has 0 bridgehead atoms. The van der Waals surface area contributed by atoms with Crippen molar-refractivity contribution in [1.29, 1.82) is 10.5 Å². The molecular formula is C87H110AlCl2KLiN17O9S. The van der Waals surface area contributed by atoms with E-state index in [1.165, 1.54) is 39.2 Å². The summed E-state index contributed by atoms with van der Waals surface area (Å²) in [5.74, 6) is 3.44. The van der Waals surface area contributed by atoms with Crippen molar-refractivity contribution < 1.29 is 115 Å². The number of piperazine rings is 4. The van der Waals surface area contributed by atoms with Crippen LogP contribution in [-0.4, -0.2) is 250 Å². The smallest absolute Gasteiger partial charge is 1.00 e. The van der Waals surface area contributed by atoms with E-state index in [2.05, 4.69) is 200 Å². The molecule has 0 amide bonds. The van der Waals surface area contributed by atoms with E-state index in [4.69, 9.17) is 56.8 Å². The Morgan fingerprint density at radius 2 is 0.899 bits per heavy atom. The number of fused-ring (bicyclic) bond motifs is 5. The van der Waals surface area contributed by atoms with Crippen LogP contribution in [-0.2, 0) is 23.4 Å². The van der Waals surface area contributed by atoms with Gasteiger partial charge in [0.1, 0.15) is 46.8 Å². The van der Waals surface area contributed by atoms with Crippen LogP contribution in [0.2, 0.25) is 0 Å². The topological polar surface area (TPSA) is 350 Å². The molecule has 0 spiro atoms. The number of aliphatic hydroxyl groups is 2. The number of hydrogen-bond acceptors (Lipinski definition) is 23. The average molecular weight is 1710 g/mol. The van der Waals surface area contributed by atoms with Crippen LogP contribution in [0.15, 0.2) is 237 Å². The first-order valence-corrected chi connectivity index (χ1v) is 40.3. The number of aromatic nitrogens is 5. The van der Waals surface area contributed by atoms with Crippen molar-refractivity contribution in [3.63, 3.8) is 0 Å². The van der Waals surface area contributed by atoms with Crippen LogP contribution in [0, 0.1) is 22.7 Å². The number of hydrogen-bond donors (Lipinski definition) is 6. The second-order valence-corrected chi connectivity index (χ2v) is 29.7. The first kappa shape index (κ1) is 104. The molecule has 8 N–H and O–H groups in total. The molecule has 0 aliphatic carbocycles. The summed E-state index contributed by atoms with van der Waals surface area (Å²) in [5, 5.41) is 44.3. The van der Waals surface area contributed by atoms with Gasteiger partial charge in [0.15, 0.2) is 17.4 Å². The van der Waals surface area contributed by atoms with Crippen molar-refractivity contribution in [3.05, 3.63) is 298 Å². The third-order valence-corrected chi connectivity index (χ3v) is 20.2. The largest absolute Gasteiger partial charge is 1.00 e. The zero-order valence-corrected chi connectivity index (χ0v) is 73.9. The fourth-order valence-electron chi connectivity index (χ4n) is 14.0. The van der Waals surface area contributed by atoms with Crippen LogP contribution in [0.4, 0.5) is 29.1 Å². The van der Waals surface area contributed by atoms with Gasteiger partial charge in [0.05, 0.1) is 47.3 Å². The number of nitrogens with zero attached hydrogens (tertiary/aromatic N) is 16. The van der Waals surface area contributed by atoms with Gasteiger partial charge in [-0.1, -0.05) is 158 Å². The molecule has 10 aromatic rings. The van der Waals surface area contributed by atoms with Crippen LogP contribution < -0.4 is 95.6 Å². The second-order valence-electron chi connectivity index (χ2n) is 27.9. The minimum atomic E-state index is -4.67. The Bertz CT molecular complexity index is 4810. The van der Waals surface area contributed by atoms with Crippen LogP contribution in [0.25, 0.3) is 0 Å². The number of pyridine rings is 5. The molecule has 0 radical (unpaired) electrons. The maximum absolute atomic E-state index is 11.5. The molecule has 26 nitrogen and oxygen atoms in total. The predicted octanol–water partition coefficient (Wildman–Crippen LogP) is 5.04. The molecule has 5 aromatic heterocycles. The maximum atomic E-state index is 11.5. The number of nitrogen functional groups attached to an aromatic ring is 1. The van der Waals surface area contributed by atoms with Gasteiger partial charge in [0.2, 0.25) is 0 Å². The Kier molecular flexibility index (Phi) is 47.5. The number of benzene rings is 5. The van der Waals surface area contributed by atoms with Crippen molar-refractivity contribution in [2.75, 3.05) is 165 Å². The first-order chi connectivity index (χ1) is 55.6. The van der Waals surface area contributed by atoms with Gasteiger partial charge in [0.25, 0.3) is 0 Å². The zero-order valence-electron chi connectivity index (χ0n) is 69.4. The Hall–Kier alpha value is -7.80. The zero-order chi connectivity index (χ0) is 82.7. The number of halogens is 2. The number of nitriles is 2. The summed E-state index contributed by atoms with van der Waals surface area (Å²) in [7, 11) is 5.95. The van der Waals surface area contributed by atoms with E-state index in [1.54, 1.807) is 56.0 Å². The maximum Gasteiger partial charge on any atom is 1.00 e. The van der Waals surface area contributed by atoms with Crippen LogP contribution in [0.3, 0.4) is 0 Å². The van der Waals surface area contributed by atoms with Crippen molar-refractivity contribution in [3.8, 4) is 12.1 Å².